The van der Waals surface area contributed by atoms with Crippen LogP contribution in [0.25, 0.3) is 0 Å². The second-order valence-corrected chi connectivity index (χ2v) is 8.39. The van der Waals surface area contributed by atoms with Crippen LogP contribution in [0.15, 0.2) is 42.6 Å². The lowest BCUT2D eigenvalue weighted by molar-refractivity contribution is 0.303. The van der Waals surface area contributed by atoms with Gasteiger partial charge in [-0.15, -0.1) is 0 Å². The average molecular weight is 374 g/mol. The molecule has 1 saturated carbocycles. The fraction of sp³-hybridized carbons (Fsp3) is 0.519. The summed E-state index contributed by atoms with van der Waals surface area (Å²) in [7, 11) is 0. The molecule has 0 bridgehead atoms. The minimum atomic E-state index is 0.747. The van der Waals surface area contributed by atoms with E-state index in [1.165, 1.54) is 62.5 Å². The first-order valence-corrected chi connectivity index (χ1v) is 11.4. The van der Waals surface area contributed by atoms with E-state index in [-0.39, 0.29) is 0 Å². The molecule has 0 aliphatic heterocycles. The van der Waals surface area contributed by atoms with Crippen LogP contribution in [-0.2, 0) is 6.42 Å². The van der Waals surface area contributed by atoms with E-state index in [4.69, 9.17) is 0 Å². The van der Waals surface area contributed by atoms with Crippen molar-refractivity contribution in [3.8, 4) is 11.8 Å². The lowest BCUT2D eigenvalue weighted by Gasteiger charge is -2.29. The molecule has 1 heterocycles. The topological polar surface area (TPSA) is 12.9 Å². The monoisotopic (exact) mass is 373 g/mol. The number of hydrogen-bond acceptors (Lipinski definition) is 1. The molecule has 2 aromatic rings. The molecule has 1 aromatic heterocycles. The highest BCUT2D eigenvalue weighted by molar-refractivity contribution is 5.41. The third-order valence-corrected chi connectivity index (χ3v) is 6.14. The van der Waals surface area contributed by atoms with E-state index in [0.29, 0.717) is 0 Å². The van der Waals surface area contributed by atoms with E-state index in [1.54, 1.807) is 0 Å². The van der Waals surface area contributed by atoms with Crippen LogP contribution >= 0.6 is 0 Å². The van der Waals surface area contributed by atoms with Gasteiger partial charge in [-0.1, -0.05) is 70.1 Å². The molecule has 1 fully saturated rings. The lowest BCUT2D eigenvalue weighted by atomic mass is 9.77. The van der Waals surface area contributed by atoms with Crippen LogP contribution in [0.1, 0.15) is 99.9 Å². The molecule has 0 radical (unpaired) electrons. The van der Waals surface area contributed by atoms with Crippen molar-refractivity contribution in [2.75, 3.05) is 0 Å². The predicted molar refractivity (Wildman–Crippen MR) is 119 cm³/mol. The Kier molecular flexibility index (Phi) is 8.16. The summed E-state index contributed by atoms with van der Waals surface area (Å²) in [5, 5.41) is 0. The Morgan fingerprint density at radius 1 is 0.857 bits per heavy atom. The van der Waals surface area contributed by atoms with Gasteiger partial charge in [-0.2, -0.15) is 0 Å². The standard InChI is InChI=1S/C27H35N/c1-3-5-6-8-22-9-15-25(16-10-22)26-17-11-23(12-18-26)13-19-27-20-14-24(7-4-2)21-28-27/h11-12,14,17-18,20-22,25H,3-10,15-16H2,1-2H3/t22-,25-. The highest BCUT2D eigenvalue weighted by atomic mass is 14.7. The van der Waals surface area contributed by atoms with Gasteiger partial charge in [0.2, 0.25) is 0 Å². The maximum absolute atomic E-state index is 4.46. The van der Waals surface area contributed by atoms with E-state index in [2.05, 4.69) is 61.0 Å². The van der Waals surface area contributed by atoms with Crippen LogP contribution in [0.5, 0.6) is 0 Å². The maximum Gasteiger partial charge on any atom is 0.113 e. The molecule has 0 unspecified atom stereocenters. The Morgan fingerprint density at radius 2 is 1.64 bits per heavy atom. The summed E-state index contributed by atoms with van der Waals surface area (Å²) in [6.45, 7) is 4.49. The Balaban J connectivity index is 1.52. The first kappa shape index (κ1) is 20.7. The number of aryl methyl sites for hydroxylation is 1. The number of unbranched alkanes of at least 4 members (excludes halogenated alkanes) is 2. The van der Waals surface area contributed by atoms with Gasteiger partial charge in [0.05, 0.1) is 0 Å². The number of pyridine rings is 1. The van der Waals surface area contributed by atoms with Crippen LogP contribution in [0.4, 0.5) is 0 Å². The summed E-state index contributed by atoms with van der Waals surface area (Å²) < 4.78 is 0. The minimum Gasteiger partial charge on any atom is -0.248 e. The third-order valence-electron chi connectivity index (χ3n) is 6.14. The Morgan fingerprint density at radius 3 is 2.29 bits per heavy atom. The van der Waals surface area contributed by atoms with Crippen molar-refractivity contribution < 1.29 is 0 Å². The summed E-state index contributed by atoms with van der Waals surface area (Å²) in [6.07, 6.45) is 15.3. The van der Waals surface area contributed by atoms with Crippen molar-refractivity contribution in [1.82, 2.24) is 4.98 Å². The van der Waals surface area contributed by atoms with Gasteiger partial charge >= 0.3 is 0 Å². The Bertz CT molecular complexity index is 753. The molecule has 0 amide bonds. The first-order chi connectivity index (χ1) is 13.8. The largest absolute Gasteiger partial charge is 0.248 e. The van der Waals surface area contributed by atoms with E-state index < -0.39 is 0 Å². The number of nitrogens with zero attached hydrogens (tertiary/aromatic N) is 1. The summed E-state index contributed by atoms with van der Waals surface area (Å²) >= 11 is 0. The molecule has 0 spiro atoms. The zero-order valence-electron chi connectivity index (χ0n) is 17.7. The quantitative estimate of drug-likeness (QED) is 0.367. The predicted octanol–water partition coefficient (Wildman–Crippen LogP) is 7.29. The summed E-state index contributed by atoms with van der Waals surface area (Å²) in [5.74, 6) is 8.19. The molecule has 1 nitrogen and oxygen atoms in total. The molecule has 0 N–H and O–H groups in total. The van der Waals surface area contributed by atoms with Crippen LogP contribution in [0.3, 0.4) is 0 Å². The molecule has 0 atom stereocenters. The molecule has 148 valence electrons. The van der Waals surface area contributed by atoms with E-state index >= 15 is 0 Å². The number of rotatable bonds is 7. The maximum atomic E-state index is 4.46. The number of aromatic nitrogens is 1. The molecule has 1 aliphatic rings. The van der Waals surface area contributed by atoms with Gasteiger partial charge in [-0.25, -0.2) is 4.98 Å². The summed E-state index contributed by atoms with van der Waals surface area (Å²) in [4.78, 5) is 4.46. The van der Waals surface area contributed by atoms with E-state index in [9.17, 15) is 0 Å². The second kappa shape index (κ2) is 11.1. The molecule has 1 aliphatic carbocycles. The van der Waals surface area contributed by atoms with Crippen LogP contribution in [0.2, 0.25) is 0 Å². The third kappa shape index (κ3) is 6.23. The van der Waals surface area contributed by atoms with Crippen LogP contribution in [-0.4, -0.2) is 4.98 Å². The van der Waals surface area contributed by atoms with Gasteiger partial charge in [0.1, 0.15) is 5.69 Å². The molecular formula is C27H35N. The summed E-state index contributed by atoms with van der Waals surface area (Å²) in [6, 6.07) is 13.1. The van der Waals surface area contributed by atoms with Crippen molar-refractivity contribution in [3.63, 3.8) is 0 Å². The van der Waals surface area contributed by atoms with Crippen LogP contribution in [0, 0.1) is 17.8 Å². The zero-order chi connectivity index (χ0) is 19.6. The molecule has 1 heteroatoms. The Hall–Kier alpha value is -2.07. The van der Waals surface area contributed by atoms with Crippen molar-refractivity contribution in [3.05, 3.63) is 65.0 Å². The fourth-order valence-corrected chi connectivity index (χ4v) is 4.38. The fourth-order valence-electron chi connectivity index (χ4n) is 4.38. The SMILES string of the molecule is CCCCC[C@H]1CC[C@H](c2ccc(C#Cc3ccc(CCC)cn3)cc2)CC1. The van der Waals surface area contributed by atoms with Gasteiger partial charge in [-0.3, -0.25) is 0 Å². The number of hydrogen-bond donors (Lipinski definition) is 0. The molecule has 28 heavy (non-hydrogen) atoms. The van der Waals surface area contributed by atoms with Crippen molar-refractivity contribution >= 4 is 0 Å². The van der Waals surface area contributed by atoms with Gasteiger partial charge in [0.25, 0.3) is 0 Å². The molecule has 0 saturated heterocycles. The van der Waals surface area contributed by atoms with E-state index in [0.717, 1.165) is 35.9 Å². The highest BCUT2D eigenvalue weighted by Crippen LogP contribution is 2.37. The molecule has 1 aromatic carbocycles. The van der Waals surface area contributed by atoms with Crippen LogP contribution < -0.4 is 0 Å². The summed E-state index contributed by atoms with van der Waals surface area (Å²) in [5.41, 5.74) is 4.72. The molecular weight excluding hydrogens is 338 g/mol. The van der Waals surface area contributed by atoms with Gasteiger partial charge in [0, 0.05) is 11.8 Å². The highest BCUT2D eigenvalue weighted by Gasteiger charge is 2.21. The second-order valence-electron chi connectivity index (χ2n) is 8.39. The Labute approximate surface area is 172 Å². The number of benzene rings is 1. The normalized spacial score (nSPS) is 19.1. The van der Waals surface area contributed by atoms with Crippen molar-refractivity contribution in [1.29, 1.82) is 0 Å². The smallest absolute Gasteiger partial charge is 0.113 e. The molecule has 3 rings (SSSR count). The zero-order valence-corrected chi connectivity index (χ0v) is 17.7. The van der Waals surface area contributed by atoms with Crippen molar-refractivity contribution in [2.45, 2.75) is 84.0 Å². The van der Waals surface area contributed by atoms with Gasteiger partial charge in [0.15, 0.2) is 0 Å². The van der Waals surface area contributed by atoms with Crippen molar-refractivity contribution in [2.24, 2.45) is 5.92 Å². The first-order valence-electron chi connectivity index (χ1n) is 11.4. The van der Waals surface area contributed by atoms with Gasteiger partial charge in [-0.05, 0) is 79.2 Å². The van der Waals surface area contributed by atoms with Gasteiger partial charge < -0.3 is 0 Å². The minimum absolute atomic E-state index is 0.747. The lowest BCUT2D eigenvalue weighted by Crippen LogP contribution is -2.13. The van der Waals surface area contributed by atoms with E-state index in [1.807, 2.05) is 12.3 Å². The average Bonchev–Trinajstić information content (AvgIpc) is 2.75.